The largest absolute Gasteiger partial charge is 0.504 e. The molecule has 0 saturated heterocycles. The molecule has 0 fully saturated rings. The Balaban J connectivity index is 2.09. The van der Waals surface area contributed by atoms with E-state index in [4.69, 9.17) is 9.47 Å². The number of ether oxygens (including phenoxy) is 2. The molecule has 5 heteroatoms. The number of benzene rings is 2. The van der Waals surface area contributed by atoms with E-state index in [2.05, 4.69) is 6.92 Å². The highest BCUT2D eigenvalue weighted by molar-refractivity contribution is 5.88. The van der Waals surface area contributed by atoms with Crippen LogP contribution < -0.4 is 15.0 Å². The average Bonchev–Trinajstić information content (AvgIpc) is 2.68. The predicted molar refractivity (Wildman–Crippen MR) is 102 cm³/mol. The highest BCUT2D eigenvalue weighted by atomic mass is 16.5. The van der Waals surface area contributed by atoms with E-state index >= 15 is 0 Å². The Bertz CT molecular complexity index is 948. The second kappa shape index (κ2) is 7.95. The Morgan fingerprint density at radius 2 is 1.88 bits per heavy atom. The normalized spacial score (nSPS) is 10.8. The summed E-state index contributed by atoms with van der Waals surface area (Å²) in [7, 11) is 1.58. The third-order valence-corrected chi connectivity index (χ3v) is 4.37. The zero-order chi connectivity index (χ0) is 18.5. The van der Waals surface area contributed by atoms with Gasteiger partial charge in [-0.3, -0.25) is 4.79 Å². The number of aromatic nitrogens is 1. The first-order valence-electron chi connectivity index (χ1n) is 8.76. The smallest absolute Gasteiger partial charge is 0.297 e. The first-order valence-corrected chi connectivity index (χ1v) is 8.76. The number of pyridine rings is 1. The molecule has 0 aliphatic heterocycles. The number of rotatable bonds is 7. The van der Waals surface area contributed by atoms with Gasteiger partial charge in [-0.05, 0) is 24.1 Å². The third-order valence-electron chi connectivity index (χ3n) is 4.37. The van der Waals surface area contributed by atoms with Gasteiger partial charge in [0.15, 0.2) is 5.75 Å². The highest BCUT2D eigenvalue weighted by Gasteiger charge is 2.18. The van der Waals surface area contributed by atoms with Gasteiger partial charge in [-0.1, -0.05) is 43.7 Å². The molecule has 1 N–H and O–H groups in total. The SMILES string of the molecule is CCCCn1c(=O)c(OCc2ccccc2)c(O)c2ccc(OC)cc21. The first kappa shape index (κ1) is 17.9. The van der Waals surface area contributed by atoms with Crippen LogP contribution in [0, 0.1) is 0 Å². The number of hydrogen-bond donors (Lipinski definition) is 1. The minimum atomic E-state index is -0.326. The van der Waals surface area contributed by atoms with Gasteiger partial charge < -0.3 is 19.1 Å². The molecule has 0 amide bonds. The average molecular weight is 353 g/mol. The molecule has 3 aromatic rings. The number of hydrogen-bond acceptors (Lipinski definition) is 4. The Labute approximate surface area is 152 Å². The van der Waals surface area contributed by atoms with Crippen LogP contribution in [0.15, 0.2) is 53.3 Å². The van der Waals surface area contributed by atoms with E-state index in [1.807, 2.05) is 30.3 Å². The van der Waals surface area contributed by atoms with Crippen molar-refractivity contribution in [1.29, 1.82) is 0 Å². The summed E-state index contributed by atoms with van der Waals surface area (Å²) in [6.07, 6.45) is 1.81. The number of nitrogens with zero attached hydrogens (tertiary/aromatic N) is 1. The summed E-state index contributed by atoms with van der Waals surface area (Å²) >= 11 is 0. The van der Waals surface area contributed by atoms with Crippen LogP contribution in [-0.4, -0.2) is 16.8 Å². The second-order valence-corrected chi connectivity index (χ2v) is 6.15. The number of methoxy groups -OCH3 is 1. The van der Waals surface area contributed by atoms with Gasteiger partial charge in [0.2, 0.25) is 5.75 Å². The maximum Gasteiger partial charge on any atom is 0.297 e. The number of fused-ring (bicyclic) bond motifs is 1. The molecule has 0 saturated carbocycles. The lowest BCUT2D eigenvalue weighted by Crippen LogP contribution is -2.23. The number of aryl methyl sites for hydroxylation is 1. The summed E-state index contributed by atoms with van der Waals surface area (Å²) in [6, 6.07) is 14.8. The number of unbranched alkanes of at least 4 members (excludes halogenated alkanes) is 1. The topological polar surface area (TPSA) is 60.7 Å². The fourth-order valence-electron chi connectivity index (χ4n) is 2.92. The van der Waals surface area contributed by atoms with Crippen LogP contribution in [0.5, 0.6) is 17.2 Å². The second-order valence-electron chi connectivity index (χ2n) is 6.15. The molecule has 1 aromatic heterocycles. The fraction of sp³-hybridized carbons (Fsp3) is 0.286. The van der Waals surface area contributed by atoms with E-state index in [-0.39, 0.29) is 23.7 Å². The van der Waals surface area contributed by atoms with Crippen LogP contribution in [0.2, 0.25) is 0 Å². The summed E-state index contributed by atoms with van der Waals surface area (Å²) in [6.45, 7) is 2.85. The Hall–Kier alpha value is -2.95. The van der Waals surface area contributed by atoms with E-state index in [0.29, 0.717) is 23.2 Å². The van der Waals surface area contributed by atoms with E-state index in [9.17, 15) is 9.90 Å². The van der Waals surface area contributed by atoms with Gasteiger partial charge in [0.25, 0.3) is 5.56 Å². The Morgan fingerprint density at radius 3 is 2.58 bits per heavy atom. The molecule has 0 unspecified atom stereocenters. The summed E-state index contributed by atoms with van der Waals surface area (Å²) in [5.41, 5.74) is 1.25. The Morgan fingerprint density at radius 1 is 1.12 bits per heavy atom. The van der Waals surface area contributed by atoms with Crippen molar-refractivity contribution < 1.29 is 14.6 Å². The van der Waals surface area contributed by atoms with E-state index in [0.717, 1.165) is 18.4 Å². The lowest BCUT2D eigenvalue weighted by Gasteiger charge is -2.16. The van der Waals surface area contributed by atoms with Crippen LogP contribution in [0.3, 0.4) is 0 Å². The van der Waals surface area contributed by atoms with Gasteiger partial charge in [0, 0.05) is 18.0 Å². The molecule has 2 aromatic carbocycles. The van der Waals surface area contributed by atoms with Crippen molar-refractivity contribution in [3.8, 4) is 17.2 Å². The van der Waals surface area contributed by atoms with Crippen molar-refractivity contribution in [1.82, 2.24) is 4.57 Å². The highest BCUT2D eigenvalue weighted by Crippen LogP contribution is 2.33. The van der Waals surface area contributed by atoms with E-state index in [1.54, 1.807) is 29.9 Å². The standard InChI is InChI=1S/C21H23NO4/c1-3-4-12-22-18-13-16(25-2)10-11-17(18)19(23)20(21(22)24)26-14-15-8-6-5-7-9-15/h5-11,13,23H,3-4,12,14H2,1-2H3. The van der Waals surface area contributed by atoms with Crippen LogP contribution in [-0.2, 0) is 13.2 Å². The lowest BCUT2D eigenvalue weighted by atomic mass is 10.1. The van der Waals surface area contributed by atoms with Gasteiger partial charge in [0.1, 0.15) is 12.4 Å². The van der Waals surface area contributed by atoms with Crippen LogP contribution >= 0.6 is 0 Å². The molecule has 3 rings (SSSR count). The van der Waals surface area contributed by atoms with Crippen molar-refractivity contribution in [3.05, 3.63) is 64.4 Å². The quantitative estimate of drug-likeness (QED) is 0.695. The molecule has 0 aliphatic rings. The van der Waals surface area contributed by atoms with Crippen LogP contribution in [0.4, 0.5) is 0 Å². The van der Waals surface area contributed by atoms with Crippen molar-refractivity contribution >= 4 is 10.9 Å². The molecule has 0 aliphatic carbocycles. The maximum atomic E-state index is 13.0. The van der Waals surface area contributed by atoms with Crippen molar-refractivity contribution in [3.63, 3.8) is 0 Å². The molecule has 0 atom stereocenters. The van der Waals surface area contributed by atoms with Crippen LogP contribution in [0.25, 0.3) is 10.9 Å². The van der Waals surface area contributed by atoms with Gasteiger partial charge in [-0.25, -0.2) is 0 Å². The lowest BCUT2D eigenvalue weighted by molar-refractivity contribution is 0.283. The fourth-order valence-corrected chi connectivity index (χ4v) is 2.92. The monoisotopic (exact) mass is 353 g/mol. The summed E-state index contributed by atoms with van der Waals surface area (Å²) in [5.74, 6) is 0.499. The van der Waals surface area contributed by atoms with Gasteiger partial charge >= 0.3 is 0 Å². The van der Waals surface area contributed by atoms with Gasteiger partial charge in [-0.15, -0.1) is 0 Å². The molecule has 5 nitrogen and oxygen atoms in total. The van der Waals surface area contributed by atoms with E-state index < -0.39 is 0 Å². The summed E-state index contributed by atoms with van der Waals surface area (Å²) in [5, 5.41) is 11.2. The first-order chi connectivity index (χ1) is 12.7. The Kier molecular flexibility index (Phi) is 5.46. The van der Waals surface area contributed by atoms with Gasteiger partial charge in [0.05, 0.1) is 12.6 Å². The van der Waals surface area contributed by atoms with Gasteiger partial charge in [-0.2, -0.15) is 0 Å². The van der Waals surface area contributed by atoms with Crippen molar-refractivity contribution in [2.24, 2.45) is 0 Å². The maximum absolute atomic E-state index is 13.0. The van der Waals surface area contributed by atoms with Crippen molar-refractivity contribution in [2.45, 2.75) is 32.9 Å². The molecule has 0 spiro atoms. The summed E-state index contributed by atoms with van der Waals surface area (Å²) in [4.78, 5) is 13.0. The minimum Gasteiger partial charge on any atom is -0.504 e. The third kappa shape index (κ3) is 3.52. The predicted octanol–water partition coefficient (Wildman–Crippen LogP) is 4.09. The zero-order valence-electron chi connectivity index (χ0n) is 15.1. The molecule has 0 radical (unpaired) electrons. The molecule has 136 valence electrons. The molecule has 0 bridgehead atoms. The van der Waals surface area contributed by atoms with Crippen molar-refractivity contribution in [2.75, 3.05) is 7.11 Å². The molecular weight excluding hydrogens is 330 g/mol. The zero-order valence-corrected chi connectivity index (χ0v) is 15.1. The molecule has 26 heavy (non-hydrogen) atoms. The minimum absolute atomic E-state index is 0.0115. The molecular formula is C21H23NO4. The van der Waals surface area contributed by atoms with E-state index in [1.165, 1.54) is 0 Å². The molecule has 1 heterocycles. The number of aromatic hydroxyl groups is 1. The summed E-state index contributed by atoms with van der Waals surface area (Å²) < 4.78 is 12.6. The van der Waals surface area contributed by atoms with Crippen LogP contribution in [0.1, 0.15) is 25.3 Å².